The first-order valence-electron chi connectivity index (χ1n) is 5.59. The Labute approximate surface area is 116 Å². The SMILES string of the molecule is Cn1cc(CC(N)Cc2ccc(Cl)cc2Cl)nn1. The molecule has 0 saturated carbocycles. The number of hydrogen-bond acceptors (Lipinski definition) is 3. The first-order valence-corrected chi connectivity index (χ1v) is 6.35. The summed E-state index contributed by atoms with van der Waals surface area (Å²) >= 11 is 12.0. The molecule has 6 heteroatoms. The van der Waals surface area contributed by atoms with Crippen LogP contribution < -0.4 is 5.73 Å². The lowest BCUT2D eigenvalue weighted by Crippen LogP contribution is -2.25. The van der Waals surface area contributed by atoms with Crippen LogP contribution in [0.15, 0.2) is 24.4 Å². The molecule has 0 aliphatic carbocycles. The lowest BCUT2D eigenvalue weighted by Gasteiger charge is -2.11. The molecule has 0 fully saturated rings. The number of rotatable bonds is 4. The number of nitrogens with zero attached hydrogens (tertiary/aromatic N) is 3. The van der Waals surface area contributed by atoms with Crippen molar-refractivity contribution in [3.05, 3.63) is 45.7 Å². The average molecular weight is 285 g/mol. The fourth-order valence-corrected chi connectivity index (χ4v) is 2.28. The van der Waals surface area contributed by atoms with E-state index in [0.29, 0.717) is 22.9 Å². The topological polar surface area (TPSA) is 56.7 Å². The van der Waals surface area contributed by atoms with Gasteiger partial charge in [-0.3, -0.25) is 4.68 Å². The Bertz CT molecular complexity index is 539. The predicted octanol–water partition coefficient (Wildman–Crippen LogP) is 2.23. The Morgan fingerprint density at radius 2 is 2.11 bits per heavy atom. The van der Waals surface area contributed by atoms with E-state index in [1.807, 2.05) is 25.4 Å². The molecule has 1 aromatic carbocycles. The Balaban J connectivity index is 2.00. The van der Waals surface area contributed by atoms with E-state index in [4.69, 9.17) is 28.9 Å². The fourth-order valence-electron chi connectivity index (χ4n) is 1.80. The Hall–Kier alpha value is -1.10. The molecule has 2 rings (SSSR count). The van der Waals surface area contributed by atoms with Crippen LogP contribution >= 0.6 is 23.2 Å². The molecule has 4 nitrogen and oxygen atoms in total. The Kier molecular flexibility index (Phi) is 4.22. The minimum Gasteiger partial charge on any atom is -0.327 e. The first-order chi connectivity index (χ1) is 8.54. The van der Waals surface area contributed by atoms with E-state index in [0.717, 1.165) is 11.3 Å². The van der Waals surface area contributed by atoms with Gasteiger partial charge in [-0.15, -0.1) is 5.10 Å². The largest absolute Gasteiger partial charge is 0.327 e. The molecule has 1 aromatic heterocycles. The predicted molar refractivity (Wildman–Crippen MR) is 72.8 cm³/mol. The highest BCUT2D eigenvalue weighted by molar-refractivity contribution is 6.35. The van der Waals surface area contributed by atoms with Gasteiger partial charge in [0.2, 0.25) is 0 Å². The standard InChI is InChI=1S/C12H14Cl2N4/c1-18-7-11(16-17-18)6-10(15)4-8-2-3-9(13)5-12(8)14/h2-3,5,7,10H,4,6,15H2,1H3. The zero-order valence-electron chi connectivity index (χ0n) is 9.98. The fraction of sp³-hybridized carbons (Fsp3) is 0.333. The number of aromatic nitrogens is 3. The summed E-state index contributed by atoms with van der Waals surface area (Å²) in [6.45, 7) is 0. The molecule has 1 unspecified atom stereocenters. The maximum atomic E-state index is 6.11. The van der Waals surface area contributed by atoms with Crippen molar-refractivity contribution in [3.63, 3.8) is 0 Å². The van der Waals surface area contributed by atoms with Crippen LogP contribution in [-0.4, -0.2) is 21.0 Å². The molecule has 0 aliphatic heterocycles. The summed E-state index contributed by atoms with van der Waals surface area (Å²) < 4.78 is 1.66. The summed E-state index contributed by atoms with van der Waals surface area (Å²) in [6, 6.07) is 5.41. The minimum absolute atomic E-state index is 0.0413. The molecule has 96 valence electrons. The van der Waals surface area contributed by atoms with Crippen molar-refractivity contribution in [1.82, 2.24) is 15.0 Å². The van der Waals surface area contributed by atoms with Gasteiger partial charge in [0.1, 0.15) is 0 Å². The summed E-state index contributed by atoms with van der Waals surface area (Å²) in [5.74, 6) is 0. The molecule has 18 heavy (non-hydrogen) atoms. The van der Waals surface area contributed by atoms with E-state index in [9.17, 15) is 0 Å². The number of benzene rings is 1. The third kappa shape index (κ3) is 3.45. The van der Waals surface area contributed by atoms with E-state index >= 15 is 0 Å². The number of aryl methyl sites for hydroxylation is 1. The van der Waals surface area contributed by atoms with Gasteiger partial charge in [0, 0.05) is 35.8 Å². The van der Waals surface area contributed by atoms with Gasteiger partial charge in [0.25, 0.3) is 0 Å². The van der Waals surface area contributed by atoms with Crippen molar-refractivity contribution in [2.45, 2.75) is 18.9 Å². The average Bonchev–Trinajstić information content (AvgIpc) is 2.68. The molecule has 0 spiro atoms. The van der Waals surface area contributed by atoms with Crippen molar-refractivity contribution in [2.24, 2.45) is 12.8 Å². The molecule has 1 atom stereocenters. The highest BCUT2D eigenvalue weighted by Gasteiger charge is 2.10. The molecule has 1 heterocycles. The summed E-state index contributed by atoms with van der Waals surface area (Å²) in [7, 11) is 1.83. The second-order valence-corrected chi connectivity index (χ2v) is 5.13. The summed E-state index contributed by atoms with van der Waals surface area (Å²) in [6.07, 6.45) is 3.22. The number of hydrogen-bond donors (Lipinski definition) is 1. The summed E-state index contributed by atoms with van der Waals surface area (Å²) in [5, 5.41) is 9.17. The van der Waals surface area contributed by atoms with Gasteiger partial charge in [-0.25, -0.2) is 0 Å². The lowest BCUT2D eigenvalue weighted by atomic mass is 10.0. The van der Waals surface area contributed by atoms with Crippen molar-refractivity contribution in [3.8, 4) is 0 Å². The van der Waals surface area contributed by atoms with Crippen LogP contribution in [0.4, 0.5) is 0 Å². The van der Waals surface area contributed by atoms with Crippen molar-refractivity contribution >= 4 is 23.2 Å². The summed E-state index contributed by atoms with van der Waals surface area (Å²) in [4.78, 5) is 0. The van der Waals surface area contributed by atoms with Gasteiger partial charge in [-0.1, -0.05) is 34.5 Å². The van der Waals surface area contributed by atoms with Crippen molar-refractivity contribution in [2.75, 3.05) is 0 Å². The van der Waals surface area contributed by atoms with E-state index in [1.165, 1.54) is 0 Å². The maximum Gasteiger partial charge on any atom is 0.0842 e. The number of halogens is 2. The minimum atomic E-state index is -0.0413. The molecule has 0 aliphatic rings. The zero-order chi connectivity index (χ0) is 13.1. The molecule has 0 amide bonds. The van der Waals surface area contributed by atoms with Gasteiger partial charge < -0.3 is 5.73 Å². The Morgan fingerprint density at radius 1 is 1.33 bits per heavy atom. The van der Waals surface area contributed by atoms with Crippen LogP contribution in [-0.2, 0) is 19.9 Å². The smallest absolute Gasteiger partial charge is 0.0842 e. The zero-order valence-corrected chi connectivity index (χ0v) is 11.5. The van der Waals surface area contributed by atoms with Crippen molar-refractivity contribution < 1.29 is 0 Å². The van der Waals surface area contributed by atoms with Gasteiger partial charge in [-0.05, 0) is 24.1 Å². The molecule has 0 bridgehead atoms. The van der Waals surface area contributed by atoms with Gasteiger partial charge >= 0.3 is 0 Å². The molecule has 2 N–H and O–H groups in total. The van der Waals surface area contributed by atoms with Crippen LogP contribution in [0.3, 0.4) is 0 Å². The van der Waals surface area contributed by atoms with Crippen molar-refractivity contribution in [1.29, 1.82) is 0 Å². The van der Waals surface area contributed by atoms with Crippen LogP contribution in [0, 0.1) is 0 Å². The van der Waals surface area contributed by atoms with E-state index < -0.39 is 0 Å². The molecular weight excluding hydrogens is 271 g/mol. The second kappa shape index (κ2) is 5.69. The molecule has 2 aromatic rings. The highest BCUT2D eigenvalue weighted by atomic mass is 35.5. The van der Waals surface area contributed by atoms with E-state index in [2.05, 4.69) is 10.3 Å². The highest BCUT2D eigenvalue weighted by Crippen LogP contribution is 2.22. The monoisotopic (exact) mass is 284 g/mol. The van der Waals surface area contributed by atoms with Crippen LogP contribution in [0.5, 0.6) is 0 Å². The second-order valence-electron chi connectivity index (χ2n) is 4.29. The lowest BCUT2D eigenvalue weighted by molar-refractivity contribution is 0.651. The van der Waals surface area contributed by atoms with Gasteiger partial charge in [-0.2, -0.15) is 0 Å². The van der Waals surface area contributed by atoms with Crippen LogP contribution in [0.25, 0.3) is 0 Å². The summed E-state index contributed by atoms with van der Waals surface area (Å²) in [5.41, 5.74) is 7.97. The first kappa shape index (κ1) is 13.3. The Morgan fingerprint density at radius 3 is 2.72 bits per heavy atom. The van der Waals surface area contributed by atoms with E-state index in [1.54, 1.807) is 10.7 Å². The third-order valence-electron chi connectivity index (χ3n) is 2.62. The third-order valence-corrected chi connectivity index (χ3v) is 3.21. The molecule has 0 saturated heterocycles. The maximum absolute atomic E-state index is 6.11. The van der Waals surface area contributed by atoms with Gasteiger partial charge in [0.05, 0.1) is 5.69 Å². The van der Waals surface area contributed by atoms with Crippen LogP contribution in [0.2, 0.25) is 10.0 Å². The van der Waals surface area contributed by atoms with E-state index in [-0.39, 0.29) is 6.04 Å². The number of nitrogens with two attached hydrogens (primary N) is 1. The van der Waals surface area contributed by atoms with Gasteiger partial charge in [0.15, 0.2) is 0 Å². The quantitative estimate of drug-likeness (QED) is 0.937. The van der Waals surface area contributed by atoms with Crippen LogP contribution in [0.1, 0.15) is 11.3 Å². The normalized spacial score (nSPS) is 12.7. The molecular formula is C12H14Cl2N4. The molecule has 0 radical (unpaired) electrons.